The third kappa shape index (κ3) is 3.50. The van der Waals surface area contributed by atoms with Crippen molar-refractivity contribution in [3.8, 4) is 11.4 Å². The molecule has 4 heteroatoms. The van der Waals surface area contributed by atoms with Crippen LogP contribution in [0.2, 0.25) is 0 Å². The van der Waals surface area contributed by atoms with Crippen LogP contribution in [0, 0.1) is 0 Å². The number of nitrogens with zero attached hydrogens (tertiary/aromatic N) is 3. The number of aromatic nitrogens is 2. The van der Waals surface area contributed by atoms with Crippen molar-refractivity contribution in [1.29, 1.82) is 0 Å². The highest BCUT2D eigenvalue weighted by Gasteiger charge is 2.31. The first-order valence-electron chi connectivity index (χ1n) is 12.4. The monoisotopic (exact) mass is 464 g/mol. The van der Waals surface area contributed by atoms with E-state index in [1.165, 1.54) is 21.9 Å². The highest BCUT2D eigenvalue weighted by Crippen LogP contribution is 2.41. The molecule has 0 spiro atoms. The lowest BCUT2D eigenvalue weighted by atomic mass is 9.85. The molecule has 1 aliphatic heterocycles. The van der Waals surface area contributed by atoms with E-state index in [2.05, 4.69) is 102 Å². The molecule has 1 aliphatic carbocycles. The fraction of sp³-hybridized carbons (Fsp3) is 0.0938. The van der Waals surface area contributed by atoms with E-state index in [0.717, 1.165) is 52.6 Å². The number of amidine groups is 1. The minimum absolute atomic E-state index is 0.0245. The summed E-state index contributed by atoms with van der Waals surface area (Å²) < 4.78 is 0. The largest absolute Gasteiger partial charge is 0.339 e. The summed E-state index contributed by atoms with van der Waals surface area (Å²) in [6.07, 6.45) is 3.78. The lowest BCUT2D eigenvalue weighted by Crippen LogP contribution is -2.32. The molecule has 4 aromatic carbocycles. The second kappa shape index (κ2) is 8.58. The van der Waals surface area contributed by atoms with E-state index in [0.29, 0.717) is 0 Å². The topological polar surface area (TPSA) is 50.2 Å². The Morgan fingerprint density at radius 1 is 0.694 bits per heavy atom. The normalized spacial score (nSPS) is 16.7. The van der Waals surface area contributed by atoms with Crippen LogP contribution >= 0.6 is 0 Å². The molecular formula is C32H24N4. The predicted octanol–water partition coefficient (Wildman–Crippen LogP) is 6.75. The maximum atomic E-state index is 5.19. The van der Waals surface area contributed by atoms with Gasteiger partial charge in [0.25, 0.3) is 0 Å². The third-order valence-corrected chi connectivity index (χ3v) is 7.11. The van der Waals surface area contributed by atoms with E-state index in [-0.39, 0.29) is 6.04 Å². The first-order valence-corrected chi connectivity index (χ1v) is 12.4. The number of hydrogen-bond donors (Lipinski definition) is 1. The molecule has 0 radical (unpaired) electrons. The Bertz CT molecular complexity index is 1650. The van der Waals surface area contributed by atoms with Crippen LogP contribution in [0.5, 0.6) is 0 Å². The van der Waals surface area contributed by atoms with Crippen LogP contribution in [0.1, 0.15) is 34.8 Å². The van der Waals surface area contributed by atoms with Crippen LogP contribution in [0.3, 0.4) is 0 Å². The minimum atomic E-state index is -0.0245. The standard InChI is InChI=1S/C32H24N4/c1-3-11-22(12-4-1)29-26-18-19-28-27(30(26)36-31(35-29)23-13-5-2-6-14-23)20-33-32(34-28)25-17-9-15-21-10-7-8-16-24(21)25/h1-17,20,29H,18-19H2,(H,35,36). The van der Waals surface area contributed by atoms with E-state index in [1.54, 1.807) is 0 Å². The van der Waals surface area contributed by atoms with Gasteiger partial charge >= 0.3 is 0 Å². The van der Waals surface area contributed by atoms with Crippen molar-refractivity contribution in [2.45, 2.75) is 18.9 Å². The number of benzene rings is 4. The molecule has 2 aliphatic rings. The summed E-state index contributed by atoms with van der Waals surface area (Å²) in [5.74, 6) is 1.66. The zero-order chi connectivity index (χ0) is 23.9. The number of aryl methyl sites for hydroxylation is 1. The van der Waals surface area contributed by atoms with Crippen molar-refractivity contribution < 1.29 is 0 Å². The molecule has 1 aromatic heterocycles. The van der Waals surface area contributed by atoms with Crippen molar-refractivity contribution in [2.75, 3.05) is 0 Å². The Morgan fingerprint density at radius 2 is 1.44 bits per heavy atom. The average molecular weight is 465 g/mol. The highest BCUT2D eigenvalue weighted by molar-refractivity contribution is 6.05. The van der Waals surface area contributed by atoms with Crippen molar-refractivity contribution in [3.05, 3.63) is 137 Å². The molecule has 2 heterocycles. The molecule has 1 unspecified atom stereocenters. The number of hydrogen-bond acceptors (Lipinski definition) is 4. The predicted molar refractivity (Wildman–Crippen MR) is 146 cm³/mol. The summed E-state index contributed by atoms with van der Waals surface area (Å²) in [5.41, 5.74) is 7.91. The quantitative estimate of drug-likeness (QED) is 0.321. The van der Waals surface area contributed by atoms with Gasteiger partial charge < -0.3 is 5.32 Å². The zero-order valence-corrected chi connectivity index (χ0v) is 19.7. The second-order valence-electron chi connectivity index (χ2n) is 9.26. The summed E-state index contributed by atoms with van der Waals surface area (Å²) in [6.45, 7) is 0. The molecule has 0 bridgehead atoms. The van der Waals surface area contributed by atoms with Gasteiger partial charge in [-0.2, -0.15) is 0 Å². The molecular weight excluding hydrogens is 440 g/mol. The highest BCUT2D eigenvalue weighted by atomic mass is 15.1. The van der Waals surface area contributed by atoms with Gasteiger partial charge in [-0.05, 0) is 34.8 Å². The van der Waals surface area contributed by atoms with Gasteiger partial charge in [0.1, 0.15) is 11.9 Å². The van der Waals surface area contributed by atoms with Gasteiger partial charge in [-0.3, -0.25) is 4.99 Å². The molecule has 0 amide bonds. The Balaban J connectivity index is 1.35. The number of fused-ring (bicyclic) bond motifs is 3. The van der Waals surface area contributed by atoms with E-state index in [9.17, 15) is 0 Å². The van der Waals surface area contributed by atoms with Crippen molar-refractivity contribution >= 4 is 22.3 Å². The molecule has 4 nitrogen and oxygen atoms in total. The summed E-state index contributed by atoms with van der Waals surface area (Å²) in [7, 11) is 0. The van der Waals surface area contributed by atoms with Gasteiger partial charge in [0, 0.05) is 22.9 Å². The molecule has 1 atom stereocenters. The smallest absolute Gasteiger partial charge is 0.160 e. The van der Waals surface area contributed by atoms with Crippen LogP contribution in [0.4, 0.5) is 0 Å². The molecule has 7 rings (SSSR count). The van der Waals surface area contributed by atoms with E-state index >= 15 is 0 Å². The fourth-order valence-corrected chi connectivity index (χ4v) is 5.35. The Kier molecular flexibility index (Phi) is 4.95. The Hall–Kier alpha value is -4.57. The van der Waals surface area contributed by atoms with Crippen LogP contribution < -0.4 is 5.32 Å². The van der Waals surface area contributed by atoms with Gasteiger partial charge in [-0.1, -0.05) is 103 Å². The second-order valence-corrected chi connectivity index (χ2v) is 9.26. The average Bonchev–Trinajstić information content (AvgIpc) is 2.97. The van der Waals surface area contributed by atoms with E-state index in [1.807, 2.05) is 12.3 Å². The fourth-order valence-electron chi connectivity index (χ4n) is 5.35. The third-order valence-electron chi connectivity index (χ3n) is 7.11. The molecule has 172 valence electrons. The maximum absolute atomic E-state index is 5.19. The Labute approximate surface area is 210 Å². The van der Waals surface area contributed by atoms with Crippen LogP contribution in [-0.2, 0) is 6.42 Å². The van der Waals surface area contributed by atoms with Crippen molar-refractivity contribution in [2.24, 2.45) is 4.99 Å². The van der Waals surface area contributed by atoms with Crippen molar-refractivity contribution in [3.63, 3.8) is 0 Å². The zero-order valence-electron chi connectivity index (χ0n) is 19.7. The molecule has 0 saturated carbocycles. The molecule has 0 fully saturated rings. The number of nitrogens with one attached hydrogen (secondary N) is 1. The summed E-state index contributed by atoms with van der Waals surface area (Å²) in [5, 5.41) is 6.04. The molecule has 0 saturated heterocycles. The van der Waals surface area contributed by atoms with Gasteiger partial charge in [0.2, 0.25) is 0 Å². The first kappa shape index (κ1) is 20.8. The SMILES string of the molecule is c1ccc(C2=NC(c3ccccc3)C3=C(N2)c2cnc(-c4cccc5ccccc45)nc2CC3)cc1. The van der Waals surface area contributed by atoms with Crippen molar-refractivity contribution in [1.82, 2.24) is 15.3 Å². The maximum Gasteiger partial charge on any atom is 0.160 e. The van der Waals surface area contributed by atoms with Crippen LogP contribution in [0.25, 0.3) is 27.9 Å². The van der Waals surface area contributed by atoms with Gasteiger partial charge in [-0.25, -0.2) is 9.97 Å². The van der Waals surface area contributed by atoms with Gasteiger partial charge in [-0.15, -0.1) is 0 Å². The van der Waals surface area contributed by atoms with Crippen LogP contribution in [0.15, 0.2) is 120 Å². The van der Waals surface area contributed by atoms with Gasteiger partial charge in [0.15, 0.2) is 5.82 Å². The Morgan fingerprint density at radius 3 is 2.31 bits per heavy atom. The van der Waals surface area contributed by atoms with Crippen LogP contribution in [-0.4, -0.2) is 15.8 Å². The lowest BCUT2D eigenvalue weighted by molar-refractivity contribution is 0.725. The summed E-state index contributed by atoms with van der Waals surface area (Å²) >= 11 is 0. The summed E-state index contributed by atoms with van der Waals surface area (Å²) in [6, 6.07) is 35.6. The number of rotatable bonds is 3. The van der Waals surface area contributed by atoms with Gasteiger partial charge in [0.05, 0.1) is 11.4 Å². The first-order chi connectivity index (χ1) is 17.8. The molecule has 36 heavy (non-hydrogen) atoms. The van der Waals surface area contributed by atoms with E-state index < -0.39 is 0 Å². The minimum Gasteiger partial charge on any atom is -0.339 e. The summed E-state index contributed by atoms with van der Waals surface area (Å²) in [4.78, 5) is 15.2. The lowest BCUT2D eigenvalue weighted by Gasteiger charge is -2.32. The number of aliphatic imine (C=N–C) groups is 1. The van der Waals surface area contributed by atoms with E-state index in [4.69, 9.17) is 15.0 Å². The molecule has 1 N–H and O–H groups in total. The molecule has 5 aromatic rings.